The fourth-order valence-corrected chi connectivity index (χ4v) is 8.57. The van der Waals surface area contributed by atoms with Crippen LogP contribution in [0.3, 0.4) is 0 Å². The summed E-state index contributed by atoms with van der Waals surface area (Å²) in [5.41, 5.74) is 1.66. The van der Waals surface area contributed by atoms with Crippen LogP contribution in [0.1, 0.15) is 62.6 Å². The van der Waals surface area contributed by atoms with Gasteiger partial charge in [0.15, 0.2) is 0 Å². The Morgan fingerprint density at radius 3 is 2.28 bits per heavy atom. The van der Waals surface area contributed by atoms with Crippen molar-refractivity contribution < 1.29 is 24.2 Å². The fourth-order valence-electron chi connectivity index (χ4n) is 8.57. The first-order chi connectivity index (χ1) is 22.5. The van der Waals surface area contributed by atoms with Crippen molar-refractivity contribution in [3.05, 3.63) is 90.5 Å². The van der Waals surface area contributed by atoms with Gasteiger partial charge in [-0.1, -0.05) is 80.4 Å². The van der Waals surface area contributed by atoms with Crippen molar-refractivity contribution in [3.8, 4) is 0 Å². The van der Waals surface area contributed by atoms with E-state index in [0.29, 0.717) is 38.9 Å². The molecular formula is C39H51N3O5. The van der Waals surface area contributed by atoms with Crippen LogP contribution in [0.15, 0.2) is 73.8 Å². The zero-order chi connectivity index (χ0) is 33.9. The van der Waals surface area contributed by atoms with Crippen molar-refractivity contribution in [2.24, 2.45) is 17.8 Å². The van der Waals surface area contributed by atoms with Crippen molar-refractivity contribution >= 4 is 23.4 Å². The van der Waals surface area contributed by atoms with Crippen molar-refractivity contribution in [2.45, 2.75) is 83.6 Å². The topological polar surface area (TPSA) is 90.4 Å². The molecule has 0 aromatic heterocycles. The second-order valence-corrected chi connectivity index (χ2v) is 13.8. The van der Waals surface area contributed by atoms with Gasteiger partial charge in [-0.25, -0.2) is 0 Å². The maximum atomic E-state index is 15.1. The number of likely N-dealkylation sites (tertiary alicyclic amines) is 1. The van der Waals surface area contributed by atoms with Gasteiger partial charge in [0.1, 0.15) is 11.6 Å². The van der Waals surface area contributed by atoms with Crippen LogP contribution in [0.25, 0.3) is 0 Å². The van der Waals surface area contributed by atoms with Gasteiger partial charge >= 0.3 is 0 Å². The molecule has 2 aromatic rings. The van der Waals surface area contributed by atoms with E-state index in [2.05, 4.69) is 20.1 Å². The van der Waals surface area contributed by atoms with E-state index in [1.807, 2.05) is 69.3 Å². The summed E-state index contributed by atoms with van der Waals surface area (Å²) in [5, 5.41) is 9.30. The number of amides is 3. The van der Waals surface area contributed by atoms with E-state index < -0.39 is 29.1 Å². The van der Waals surface area contributed by atoms with Crippen LogP contribution in [-0.2, 0) is 25.7 Å². The minimum absolute atomic E-state index is 0.0596. The summed E-state index contributed by atoms with van der Waals surface area (Å²) in [4.78, 5) is 49.8. The van der Waals surface area contributed by atoms with Gasteiger partial charge in [-0.05, 0) is 62.6 Å². The highest BCUT2D eigenvalue weighted by Crippen LogP contribution is 2.65. The molecule has 2 bridgehead atoms. The number of carbonyl (C=O) groups excluding carboxylic acids is 3. The summed E-state index contributed by atoms with van der Waals surface area (Å²) in [6.07, 6.45) is 6.97. The second kappa shape index (κ2) is 14.2. The van der Waals surface area contributed by atoms with Crippen LogP contribution >= 0.6 is 0 Å². The summed E-state index contributed by atoms with van der Waals surface area (Å²) < 4.78 is 7.06. The Morgan fingerprint density at radius 2 is 1.64 bits per heavy atom. The maximum Gasteiger partial charge on any atom is 0.253 e. The van der Waals surface area contributed by atoms with E-state index in [1.54, 1.807) is 26.9 Å². The first kappa shape index (κ1) is 34.6. The molecule has 0 aliphatic carbocycles. The lowest BCUT2D eigenvalue weighted by atomic mass is 9.62. The lowest BCUT2D eigenvalue weighted by Crippen LogP contribution is -2.57. The number of ether oxygens (including phenoxy) is 1. The quantitative estimate of drug-likeness (QED) is 0.202. The van der Waals surface area contributed by atoms with Gasteiger partial charge in [0.25, 0.3) is 5.91 Å². The van der Waals surface area contributed by atoms with Crippen molar-refractivity contribution in [3.63, 3.8) is 0 Å². The minimum Gasteiger partial charge on any atom is -0.396 e. The number of anilines is 1. The molecule has 2 aromatic carbocycles. The average molecular weight is 642 g/mol. The van der Waals surface area contributed by atoms with Crippen molar-refractivity contribution in [2.75, 3.05) is 31.1 Å². The number of aliphatic hydroxyl groups is 1. The lowest BCUT2D eigenvalue weighted by Gasteiger charge is -2.39. The van der Waals surface area contributed by atoms with Gasteiger partial charge < -0.3 is 24.5 Å². The molecule has 3 saturated heterocycles. The first-order valence-electron chi connectivity index (χ1n) is 17.1. The lowest BCUT2D eigenvalue weighted by molar-refractivity contribution is -0.151. The zero-order valence-electron chi connectivity index (χ0n) is 28.5. The van der Waals surface area contributed by atoms with Gasteiger partial charge in [0, 0.05) is 38.5 Å². The maximum absolute atomic E-state index is 15.1. The number of rotatable bonds is 15. The summed E-state index contributed by atoms with van der Waals surface area (Å²) in [6, 6.07) is 14.9. The Kier molecular flexibility index (Phi) is 10.4. The van der Waals surface area contributed by atoms with Gasteiger partial charge in [0.05, 0.1) is 17.4 Å². The third-order valence-corrected chi connectivity index (χ3v) is 10.8. The van der Waals surface area contributed by atoms with E-state index in [1.165, 1.54) is 0 Å². The molecule has 1 N–H and O–H groups in total. The number of para-hydroxylation sites is 1. The van der Waals surface area contributed by atoms with E-state index in [9.17, 15) is 14.7 Å². The Balaban J connectivity index is 1.58. The van der Waals surface area contributed by atoms with E-state index in [0.717, 1.165) is 35.2 Å². The Labute approximate surface area is 280 Å². The average Bonchev–Trinajstić information content (AvgIpc) is 3.56. The molecule has 3 amide bonds. The molecule has 3 aliphatic rings. The van der Waals surface area contributed by atoms with Gasteiger partial charge in [-0.3, -0.25) is 14.4 Å². The van der Waals surface area contributed by atoms with Crippen LogP contribution < -0.4 is 4.90 Å². The smallest absolute Gasteiger partial charge is 0.253 e. The number of aliphatic hydroxyl groups excluding tert-OH is 1. The summed E-state index contributed by atoms with van der Waals surface area (Å²) in [6.45, 7) is 17.4. The van der Waals surface area contributed by atoms with Crippen molar-refractivity contribution in [1.29, 1.82) is 0 Å². The molecule has 8 nitrogen and oxygen atoms in total. The fraction of sp³-hybridized carbons (Fsp3) is 0.513. The predicted molar refractivity (Wildman–Crippen MR) is 185 cm³/mol. The Bertz CT molecular complexity index is 1470. The number of hydrogen-bond donors (Lipinski definition) is 1. The highest BCUT2D eigenvalue weighted by Gasteiger charge is 2.80. The number of nitrogens with zero attached hydrogens (tertiary/aromatic N) is 3. The highest BCUT2D eigenvalue weighted by atomic mass is 16.5. The number of hydrogen-bond acceptors (Lipinski definition) is 5. The monoisotopic (exact) mass is 641 g/mol. The predicted octanol–water partition coefficient (Wildman–Crippen LogP) is 5.60. The van der Waals surface area contributed by atoms with Gasteiger partial charge in [-0.2, -0.15) is 0 Å². The summed E-state index contributed by atoms with van der Waals surface area (Å²) in [5.74, 6) is -2.12. The zero-order valence-corrected chi connectivity index (χ0v) is 28.5. The minimum atomic E-state index is -1.14. The van der Waals surface area contributed by atoms with E-state index in [4.69, 9.17) is 4.74 Å². The van der Waals surface area contributed by atoms with Crippen LogP contribution in [0.4, 0.5) is 5.69 Å². The van der Waals surface area contributed by atoms with E-state index >= 15 is 4.79 Å². The van der Waals surface area contributed by atoms with Crippen LogP contribution in [0.5, 0.6) is 0 Å². The molecule has 3 heterocycles. The van der Waals surface area contributed by atoms with Crippen molar-refractivity contribution in [1.82, 2.24) is 9.80 Å². The molecule has 1 spiro atoms. The molecule has 3 fully saturated rings. The number of fused-ring (bicyclic) bond motifs is 1. The summed E-state index contributed by atoms with van der Waals surface area (Å²) >= 11 is 0. The SMILES string of the molecule is C=CCN(Cc1ccccc1)C(=O)[C@@H]1[C@H]2C(=O)N(CCCCCCO)C(C(=O)N(CC=C)c3c(C)cccc3C)C23CC(C)[C@@]1(C)O3. The number of aryl methyl sites for hydroxylation is 2. The molecule has 0 radical (unpaired) electrons. The third kappa shape index (κ3) is 6.06. The van der Waals surface area contributed by atoms with Gasteiger partial charge in [0.2, 0.25) is 11.8 Å². The first-order valence-corrected chi connectivity index (χ1v) is 17.1. The molecule has 0 saturated carbocycles. The highest BCUT2D eigenvalue weighted by molar-refractivity contribution is 6.05. The molecule has 252 valence electrons. The standard InChI is InChI=1S/C39H51N3O5/c1-7-21-40(26-30-19-12-11-13-20-30)35(44)31-32-36(45)42(23-14-9-10-15-24-43)34(39(32)25-29(5)38(31,6)47-39)37(46)41(22-8-2)33-27(3)17-16-18-28(33)4/h7-8,11-13,16-20,29,31-32,34,43H,1-2,9-10,14-15,21-26H2,3-6H3/t29?,31-,32-,34?,38+,39?/m0/s1. The Morgan fingerprint density at radius 1 is 0.979 bits per heavy atom. The molecule has 3 aliphatic heterocycles. The van der Waals surface area contributed by atoms with Crippen LogP contribution in [0, 0.1) is 31.6 Å². The normalized spacial score (nSPS) is 27.5. The van der Waals surface area contributed by atoms with Gasteiger partial charge in [-0.15, -0.1) is 13.2 Å². The van der Waals surface area contributed by atoms with Crippen LogP contribution in [0.2, 0.25) is 0 Å². The number of unbranched alkanes of at least 4 members (excludes halogenated alkanes) is 3. The van der Waals surface area contributed by atoms with Crippen LogP contribution in [-0.4, -0.2) is 76.1 Å². The number of carbonyl (C=O) groups is 3. The molecular weight excluding hydrogens is 590 g/mol. The largest absolute Gasteiger partial charge is 0.396 e. The molecule has 47 heavy (non-hydrogen) atoms. The number of benzene rings is 2. The molecule has 5 rings (SSSR count). The second-order valence-electron chi connectivity index (χ2n) is 13.8. The molecule has 8 heteroatoms. The Hall–Kier alpha value is -3.75. The third-order valence-electron chi connectivity index (χ3n) is 10.8. The molecule has 3 unspecified atom stereocenters. The summed E-state index contributed by atoms with van der Waals surface area (Å²) in [7, 11) is 0. The molecule has 6 atom stereocenters. The van der Waals surface area contributed by atoms with E-state index in [-0.39, 0.29) is 36.8 Å².